The lowest BCUT2D eigenvalue weighted by molar-refractivity contribution is -0.116. The van der Waals surface area contributed by atoms with Crippen LogP contribution in [-0.4, -0.2) is 31.0 Å². The number of aromatic nitrogens is 4. The summed E-state index contributed by atoms with van der Waals surface area (Å²) in [5, 5.41) is 8.54. The van der Waals surface area contributed by atoms with Gasteiger partial charge in [0.05, 0.1) is 17.8 Å². The number of hydrogen-bond acceptors (Lipinski definition) is 5. The smallest absolute Gasteiger partial charge is 0.265 e. The van der Waals surface area contributed by atoms with Gasteiger partial charge in [-0.25, -0.2) is 9.67 Å². The monoisotopic (exact) mass is 411 g/mol. The summed E-state index contributed by atoms with van der Waals surface area (Å²) in [6, 6.07) is 5.70. The summed E-state index contributed by atoms with van der Waals surface area (Å²) in [7, 11) is 0. The lowest BCUT2D eigenvalue weighted by Crippen LogP contribution is -2.29. The van der Waals surface area contributed by atoms with Gasteiger partial charge in [-0.2, -0.15) is 5.10 Å². The molecule has 0 bridgehead atoms. The first-order valence-corrected chi connectivity index (χ1v) is 10.6. The van der Waals surface area contributed by atoms with Gasteiger partial charge >= 0.3 is 0 Å². The number of rotatable bonds is 3. The van der Waals surface area contributed by atoms with Crippen LogP contribution in [0.2, 0.25) is 0 Å². The third-order valence-electron chi connectivity index (χ3n) is 5.17. The van der Waals surface area contributed by atoms with Gasteiger partial charge in [-0.05, 0) is 45.7 Å². The number of benzene rings is 1. The maximum absolute atomic E-state index is 13.1. The molecule has 1 unspecified atom stereocenters. The molecule has 7 nitrogen and oxygen atoms in total. The van der Waals surface area contributed by atoms with Crippen LogP contribution >= 0.6 is 11.8 Å². The lowest BCUT2D eigenvalue weighted by Gasteiger charge is -2.20. The van der Waals surface area contributed by atoms with Crippen LogP contribution in [0.15, 0.2) is 34.3 Å². The van der Waals surface area contributed by atoms with Gasteiger partial charge in [-0.1, -0.05) is 30.0 Å². The second-order valence-electron chi connectivity index (χ2n) is 8.52. The molecule has 3 aromatic rings. The number of amides is 1. The van der Waals surface area contributed by atoms with Crippen LogP contribution < -0.4 is 10.9 Å². The van der Waals surface area contributed by atoms with E-state index in [1.54, 1.807) is 15.4 Å². The standard InChI is InChI=1S/C21H25N5O2S/c1-12-7-6-8-13(2)17(12)23-16(27)9-14-11-29-20-24-18-15(19(28)25(14)20)10-22-26(18)21(3,4)5/h6-8,10,14H,9,11H2,1-5H3,(H,23,27). The van der Waals surface area contributed by atoms with Crippen molar-refractivity contribution in [2.24, 2.45) is 0 Å². The zero-order chi connectivity index (χ0) is 20.9. The number of carbonyl (C=O) groups excluding carboxylic acids is 1. The molecule has 1 aromatic carbocycles. The van der Waals surface area contributed by atoms with Gasteiger partial charge in [0.25, 0.3) is 5.56 Å². The Morgan fingerprint density at radius 2 is 1.97 bits per heavy atom. The molecule has 152 valence electrons. The van der Waals surface area contributed by atoms with Crippen LogP contribution in [0, 0.1) is 13.8 Å². The van der Waals surface area contributed by atoms with Gasteiger partial charge in [0.15, 0.2) is 10.8 Å². The first-order valence-electron chi connectivity index (χ1n) is 9.66. The number of nitrogens with zero attached hydrogens (tertiary/aromatic N) is 4. The highest BCUT2D eigenvalue weighted by Crippen LogP contribution is 2.34. The Kier molecular flexibility index (Phi) is 4.77. The van der Waals surface area contributed by atoms with E-state index in [0.29, 0.717) is 21.9 Å². The van der Waals surface area contributed by atoms with E-state index in [0.717, 1.165) is 16.8 Å². The summed E-state index contributed by atoms with van der Waals surface area (Å²) < 4.78 is 3.44. The van der Waals surface area contributed by atoms with E-state index >= 15 is 0 Å². The molecule has 29 heavy (non-hydrogen) atoms. The molecule has 0 radical (unpaired) electrons. The van der Waals surface area contributed by atoms with Crippen LogP contribution in [0.4, 0.5) is 5.69 Å². The number of carbonyl (C=O) groups is 1. The van der Waals surface area contributed by atoms with Crippen LogP contribution in [0.3, 0.4) is 0 Å². The van der Waals surface area contributed by atoms with E-state index in [1.165, 1.54) is 11.8 Å². The quantitative estimate of drug-likeness (QED) is 0.666. The minimum Gasteiger partial charge on any atom is -0.326 e. The van der Waals surface area contributed by atoms with Gasteiger partial charge in [0.1, 0.15) is 5.39 Å². The molecule has 1 atom stereocenters. The second-order valence-corrected chi connectivity index (χ2v) is 9.51. The SMILES string of the molecule is Cc1cccc(C)c1NC(=O)CC1CSc2nc3c(cnn3C(C)(C)C)c(=O)n21. The molecule has 4 rings (SSSR count). The Morgan fingerprint density at radius 1 is 1.28 bits per heavy atom. The van der Waals surface area contributed by atoms with Gasteiger partial charge in [-0.3, -0.25) is 14.2 Å². The van der Waals surface area contributed by atoms with Crippen LogP contribution in [0.25, 0.3) is 11.0 Å². The topological polar surface area (TPSA) is 81.8 Å². The first kappa shape index (κ1) is 19.7. The summed E-state index contributed by atoms with van der Waals surface area (Å²) in [5.41, 5.74) is 3.09. The molecule has 0 fully saturated rings. The maximum atomic E-state index is 13.1. The molecule has 0 saturated heterocycles. The predicted molar refractivity (Wildman–Crippen MR) is 116 cm³/mol. The van der Waals surface area contributed by atoms with Gasteiger partial charge < -0.3 is 5.32 Å². The first-order chi connectivity index (χ1) is 13.7. The van der Waals surface area contributed by atoms with Crippen molar-refractivity contribution >= 4 is 34.4 Å². The highest BCUT2D eigenvalue weighted by atomic mass is 32.2. The number of aryl methyl sites for hydroxylation is 2. The van der Waals surface area contributed by atoms with Crippen molar-refractivity contribution in [2.45, 2.75) is 57.8 Å². The van der Waals surface area contributed by atoms with Crippen molar-refractivity contribution in [1.82, 2.24) is 19.3 Å². The van der Waals surface area contributed by atoms with E-state index in [4.69, 9.17) is 4.98 Å². The number of thioether (sulfide) groups is 1. The minimum absolute atomic E-state index is 0.0989. The van der Waals surface area contributed by atoms with Gasteiger partial charge in [0, 0.05) is 17.9 Å². The predicted octanol–water partition coefficient (Wildman–Crippen LogP) is 3.64. The van der Waals surface area contributed by atoms with Gasteiger partial charge in [0.2, 0.25) is 5.91 Å². The summed E-state index contributed by atoms with van der Waals surface area (Å²) in [4.78, 5) is 30.6. The molecule has 1 aliphatic heterocycles. The zero-order valence-electron chi connectivity index (χ0n) is 17.3. The number of fused-ring (bicyclic) bond motifs is 2. The number of nitrogens with one attached hydrogen (secondary N) is 1. The van der Waals surface area contributed by atoms with Crippen LogP contribution in [0.5, 0.6) is 0 Å². The van der Waals surface area contributed by atoms with E-state index in [9.17, 15) is 9.59 Å². The fourth-order valence-electron chi connectivity index (χ4n) is 3.69. The minimum atomic E-state index is -0.270. The maximum Gasteiger partial charge on any atom is 0.265 e. The van der Waals surface area contributed by atoms with Crippen molar-refractivity contribution in [3.05, 3.63) is 45.9 Å². The molecule has 1 N–H and O–H groups in total. The third kappa shape index (κ3) is 3.46. The normalized spacial score (nSPS) is 16.2. The van der Waals surface area contributed by atoms with E-state index in [-0.39, 0.29) is 29.5 Å². The number of para-hydroxylation sites is 1. The number of anilines is 1. The molecule has 8 heteroatoms. The Balaban J connectivity index is 1.64. The van der Waals surface area contributed by atoms with E-state index in [2.05, 4.69) is 10.4 Å². The summed E-state index contributed by atoms with van der Waals surface area (Å²) in [6.45, 7) is 10.0. The summed E-state index contributed by atoms with van der Waals surface area (Å²) >= 11 is 1.51. The Bertz CT molecular complexity index is 1150. The molecule has 1 amide bonds. The largest absolute Gasteiger partial charge is 0.326 e. The molecule has 2 aromatic heterocycles. The fraction of sp³-hybridized carbons (Fsp3) is 0.429. The second kappa shape index (κ2) is 7.02. The van der Waals surface area contributed by atoms with Gasteiger partial charge in [-0.15, -0.1) is 0 Å². The highest BCUT2D eigenvalue weighted by Gasteiger charge is 2.30. The Hall–Kier alpha value is -2.61. The van der Waals surface area contributed by atoms with Crippen molar-refractivity contribution in [3.8, 4) is 0 Å². The average Bonchev–Trinajstić information content (AvgIpc) is 3.23. The number of hydrogen-bond donors (Lipinski definition) is 1. The van der Waals surface area contributed by atoms with Crippen molar-refractivity contribution in [2.75, 3.05) is 11.1 Å². The molecule has 0 aliphatic carbocycles. The fourth-order valence-corrected chi connectivity index (χ4v) is 4.82. The molecule has 3 heterocycles. The highest BCUT2D eigenvalue weighted by molar-refractivity contribution is 7.99. The van der Waals surface area contributed by atoms with Crippen LogP contribution in [0.1, 0.15) is 44.4 Å². The Labute approximate surface area is 173 Å². The zero-order valence-corrected chi connectivity index (χ0v) is 18.1. The third-order valence-corrected chi connectivity index (χ3v) is 6.27. The van der Waals surface area contributed by atoms with Crippen LogP contribution in [-0.2, 0) is 10.3 Å². The molecular formula is C21H25N5O2S. The van der Waals surface area contributed by atoms with Crippen molar-refractivity contribution < 1.29 is 4.79 Å². The molecule has 0 spiro atoms. The van der Waals surface area contributed by atoms with Crippen molar-refractivity contribution in [1.29, 1.82) is 0 Å². The Morgan fingerprint density at radius 3 is 2.62 bits per heavy atom. The lowest BCUT2D eigenvalue weighted by atomic mass is 10.1. The molecular weight excluding hydrogens is 386 g/mol. The van der Waals surface area contributed by atoms with Crippen molar-refractivity contribution in [3.63, 3.8) is 0 Å². The molecule has 0 saturated carbocycles. The molecule has 1 aliphatic rings. The van der Waals surface area contributed by atoms with E-state index < -0.39 is 0 Å². The van der Waals surface area contributed by atoms with E-state index in [1.807, 2.05) is 52.8 Å². The summed E-state index contributed by atoms with van der Waals surface area (Å²) in [6.07, 6.45) is 1.81. The average molecular weight is 412 g/mol. The summed E-state index contributed by atoms with van der Waals surface area (Å²) in [5.74, 6) is 0.552.